The highest BCUT2D eigenvalue weighted by Crippen LogP contribution is 2.32. The number of Topliss-reactive ketones (excluding diaryl/α,β-unsaturated/α-hetero) is 1. The Morgan fingerprint density at radius 1 is 1.05 bits per heavy atom. The lowest BCUT2D eigenvalue weighted by atomic mass is 10.0. The maximum absolute atomic E-state index is 13.3. The normalized spacial score (nSPS) is 16.9. The Kier molecular flexibility index (Phi) is 6.59. The van der Waals surface area contributed by atoms with Gasteiger partial charge in [0.25, 0.3) is 10.0 Å². The van der Waals surface area contributed by atoms with Crippen LogP contribution in [0.4, 0.5) is 13.2 Å². The topological polar surface area (TPSA) is 93.4 Å². The van der Waals surface area contributed by atoms with Gasteiger partial charge in [0.2, 0.25) is 5.09 Å². The first-order chi connectivity index (χ1) is 17.6. The van der Waals surface area contributed by atoms with Crippen molar-refractivity contribution in [1.82, 2.24) is 14.3 Å². The van der Waals surface area contributed by atoms with E-state index in [1.54, 1.807) is 30.3 Å². The molecule has 0 saturated carbocycles. The van der Waals surface area contributed by atoms with Crippen LogP contribution in [0.25, 0.3) is 22.2 Å². The Morgan fingerprint density at radius 3 is 2.54 bits per heavy atom. The highest BCUT2D eigenvalue weighted by molar-refractivity contribution is 7.89. The average Bonchev–Trinajstić information content (AvgIpc) is 3.55. The molecule has 0 aliphatic carbocycles. The van der Waals surface area contributed by atoms with Crippen LogP contribution in [0.1, 0.15) is 30.5 Å². The van der Waals surface area contributed by atoms with Crippen LogP contribution in [0.15, 0.2) is 76.5 Å². The molecule has 4 aromatic rings. The molecule has 0 spiro atoms. The Balaban J connectivity index is 1.28. The van der Waals surface area contributed by atoms with E-state index in [0.29, 0.717) is 40.8 Å². The molecule has 2 aromatic carbocycles. The van der Waals surface area contributed by atoms with Gasteiger partial charge in [0.1, 0.15) is 11.9 Å². The summed E-state index contributed by atoms with van der Waals surface area (Å²) in [4.78, 5) is 21.4. The fourth-order valence-electron chi connectivity index (χ4n) is 4.49. The molecular weight excluding hydrogens is 507 g/mol. The van der Waals surface area contributed by atoms with E-state index in [-0.39, 0.29) is 30.3 Å². The van der Waals surface area contributed by atoms with Gasteiger partial charge in [0.05, 0.1) is 17.3 Å². The molecule has 1 aliphatic rings. The number of carbonyl (C=O) groups is 1. The average molecular weight is 530 g/mol. The molecule has 1 atom stereocenters. The number of benzene rings is 2. The van der Waals surface area contributed by atoms with Crippen LogP contribution >= 0.6 is 0 Å². The van der Waals surface area contributed by atoms with Crippen molar-refractivity contribution < 1.29 is 30.8 Å². The summed E-state index contributed by atoms with van der Waals surface area (Å²) in [7, 11) is -3.99. The second-order valence-electron chi connectivity index (χ2n) is 8.81. The second-order valence-corrected chi connectivity index (χ2v) is 10.6. The Morgan fingerprint density at radius 2 is 1.81 bits per heavy atom. The van der Waals surface area contributed by atoms with E-state index in [2.05, 4.69) is 9.97 Å². The minimum atomic E-state index is -4.43. The van der Waals surface area contributed by atoms with E-state index in [0.717, 1.165) is 12.1 Å². The molecule has 37 heavy (non-hydrogen) atoms. The molecule has 1 unspecified atom stereocenters. The van der Waals surface area contributed by atoms with Crippen LogP contribution in [-0.4, -0.2) is 41.1 Å². The van der Waals surface area contributed by atoms with Crippen molar-refractivity contribution in [3.8, 4) is 11.3 Å². The molecule has 1 fully saturated rings. The summed E-state index contributed by atoms with van der Waals surface area (Å²) in [5, 5.41) is 0.473. The molecule has 1 saturated heterocycles. The SMILES string of the molecule is O=C(CCc1cc(-c2ccc(C(F)(F)F)cc2)ncn1)C1CCCN1S(=O)(=O)c1cc2ccccc2o1. The maximum atomic E-state index is 13.3. The van der Waals surface area contributed by atoms with Crippen LogP contribution in [-0.2, 0) is 27.4 Å². The van der Waals surface area contributed by atoms with Gasteiger partial charge in [-0.25, -0.2) is 18.4 Å². The number of rotatable bonds is 7. The first-order valence-electron chi connectivity index (χ1n) is 11.6. The predicted octanol–water partition coefficient (Wildman–Crippen LogP) is 5.26. The minimum Gasteiger partial charge on any atom is -0.443 e. The molecule has 7 nitrogen and oxygen atoms in total. The molecular formula is C26H22F3N3O4S. The van der Waals surface area contributed by atoms with Gasteiger partial charge in [0, 0.05) is 35.7 Å². The largest absolute Gasteiger partial charge is 0.443 e. The standard InChI is InChI=1S/C26H22F3N3O4S/c27-26(28,29)19-9-7-17(8-10-19)21-15-20(30-16-31-21)11-12-23(33)22-5-3-13-32(22)37(34,35)25-14-18-4-1-2-6-24(18)36-25/h1-2,4,6-10,14-16,22H,3,5,11-13H2. The van der Waals surface area contributed by atoms with Crippen LogP contribution in [0.2, 0.25) is 0 Å². The number of hydrogen-bond acceptors (Lipinski definition) is 6. The van der Waals surface area contributed by atoms with Crippen molar-refractivity contribution in [3.63, 3.8) is 0 Å². The van der Waals surface area contributed by atoms with E-state index in [4.69, 9.17) is 4.42 Å². The molecule has 11 heteroatoms. The molecule has 2 aromatic heterocycles. The number of alkyl halides is 3. The number of para-hydroxylation sites is 1. The van der Waals surface area contributed by atoms with Crippen molar-refractivity contribution in [1.29, 1.82) is 0 Å². The lowest BCUT2D eigenvalue weighted by molar-refractivity contribution is -0.137. The third kappa shape index (κ3) is 5.14. The van der Waals surface area contributed by atoms with E-state index >= 15 is 0 Å². The third-order valence-electron chi connectivity index (χ3n) is 6.40. The summed E-state index contributed by atoms with van der Waals surface area (Å²) in [5.41, 5.74) is 1.15. The highest BCUT2D eigenvalue weighted by atomic mass is 32.2. The number of fused-ring (bicyclic) bond motifs is 1. The van der Waals surface area contributed by atoms with E-state index < -0.39 is 27.8 Å². The zero-order valence-corrected chi connectivity index (χ0v) is 20.3. The zero-order chi connectivity index (χ0) is 26.2. The molecule has 3 heterocycles. The molecule has 0 amide bonds. The van der Waals surface area contributed by atoms with Gasteiger partial charge in [-0.15, -0.1) is 0 Å². The molecule has 0 radical (unpaired) electrons. The smallest absolute Gasteiger partial charge is 0.416 e. The van der Waals surface area contributed by atoms with Gasteiger partial charge in [-0.05, 0) is 43.5 Å². The highest BCUT2D eigenvalue weighted by Gasteiger charge is 2.40. The van der Waals surface area contributed by atoms with Crippen LogP contribution in [0.5, 0.6) is 0 Å². The first-order valence-corrected chi connectivity index (χ1v) is 13.1. The Bertz CT molecular complexity index is 1520. The summed E-state index contributed by atoms with van der Waals surface area (Å²) in [6, 6.07) is 13.9. The fourth-order valence-corrected chi connectivity index (χ4v) is 6.12. The molecule has 0 N–H and O–H groups in total. The van der Waals surface area contributed by atoms with E-state index in [1.807, 2.05) is 0 Å². The predicted molar refractivity (Wildman–Crippen MR) is 129 cm³/mol. The van der Waals surface area contributed by atoms with Gasteiger partial charge in [-0.1, -0.05) is 30.3 Å². The minimum absolute atomic E-state index is 0.0558. The maximum Gasteiger partial charge on any atom is 0.416 e. The summed E-state index contributed by atoms with van der Waals surface area (Å²) < 4.78 is 71.8. The summed E-state index contributed by atoms with van der Waals surface area (Å²) in [5.74, 6) is -0.230. The summed E-state index contributed by atoms with van der Waals surface area (Å²) in [6.45, 7) is 0.224. The summed E-state index contributed by atoms with van der Waals surface area (Å²) >= 11 is 0. The number of nitrogens with zero attached hydrogens (tertiary/aromatic N) is 3. The number of aromatic nitrogens is 2. The number of halogens is 3. The molecule has 5 rings (SSSR count). The van der Waals surface area contributed by atoms with E-state index in [9.17, 15) is 26.4 Å². The lowest BCUT2D eigenvalue weighted by Gasteiger charge is -2.21. The molecule has 1 aliphatic heterocycles. The monoisotopic (exact) mass is 529 g/mol. The Hall–Kier alpha value is -3.57. The number of aryl methyl sites for hydroxylation is 1. The van der Waals surface area contributed by atoms with Crippen LogP contribution in [0.3, 0.4) is 0 Å². The van der Waals surface area contributed by atoms with Crippen molar-refractivity contribution in [2.75, 3.05) is 6.54 Å². The zero-order valence-electron chi connectivity index (χ0n) is 19.5. The number of hydrogen-bond donors (Lipinski definition) is 0. The van der Waals surface area contributed by atoms with Crippen molar-refractivity contribution in [2.45, 2.75) is 43.0 Å². The van der Waals surface area contributed by atoms with Gasteiger partial charge >= 0.3 is 6.18 Å². The fraction of sp³-hybridized carbons (Fsp3) is 0.269. The van der Waals surface area contributed by atoms with E-state index in [1.165, 1.54) is 28.8 Å². The number of carbonyl (C=O) groups excluding carboxylic acids is 1. The van der Waals surface area contributed by atoms with Gasteiger partial charge in [-0.3, -0.25) is 4.79 Å². The summed E-state index contributed by atoms with van der Waals surface area (Å²) in [6.07, 6.45) is -1.87. The van der Waals surface area contributed by atoms with Crippen LogP contribution in [0, 0.1) is 0 Å². The lowest BCUT2D eigenvalue weighted by Crippen LogP contribution is -2.40. The number of sulfonamides is 1. The molecule has 192 valence electrons. The Labute approximate surface area is 211 Å². The number of ketones is 1. The van der Waals surface area contributed by atoms with Gasteiger partial charge < -0.3 is 4.42 Å². The first kappa shape index (κ1) is 25.1. The quantitative estimate of drug-likeness (QED) is 0.324. The van der Waals surface area contributed by atoms with Crippen molar-refractivity contribution in [2.24, 2.45) is 0 Å². The molecule has 0 bridgehead atoms. The van der Waals surface area contributed by atoms with Crippen molar-refractivity contribution >= 4 is 26.8 Å². The second kappa shape index (κ2) is 9.71. The van der Waals surface area contributed by atoms with Crippen molar-refractivity contribution in [3.05, 3.63) is 78.2 Å². The van der Waals surface area contributed by atoms with Gasteiger partial charge in [0.15, 0.2) is 5.78 Å². The van der Waals surface area contributed by atoms with Crippen LogP contribution < -0.4 is 0 Å². The van der Waals surface area contributed by atoms with Gasteiger partial charge in [-0.2, -0.15) is 17.5 Å². The number of furan rings is 1. The third-order valence-corrected chi connectivity index (χ3v) is 8.16.